The lowest BCUT2D eigenvalue weighted by Gasteiger charge is -2.27. The van der Waals surface area contributed by atoms with Gasteiger partial charge in [-0.3, -0.25) is 0 Å². The minimum atomic E-state index is 0.496. The predicted molar refractivity (Wildman–Crippen MR) is 67.4 cm³/mol. The molecule has 1 aliphatic rings. The maximum atomic E-state index is 5.46. The fourth-order valence-electron chi connectivity index (χ4n) is 2.05. The molecule has 0 amide bonds. The molecule has 1 fully saturated rings. The maximum Gasteiger partial charge on any atom is 0.218 e. The van der Waals surface area contributed by atoms with E-state index < -0.39 is 0 Å². The number of nitrogens with zero attached hydrogens (tertiary/aromatic N) is 3. The molecule has 0 aliphatic carbocycles. The van der Waals surface area contributed by atoms with Crippen LogP contribution in [0.1, 0.15) is 25.1 Å². The number of anilines is 1. The summed E-state index contributed by atoms with van der Waals surface area (Å²) in [5, 5.41) is 0. The summed E-state index contributed by atoms with van der Waals surface area (Å²) in [4.78, 5) is 11.0. The van der Waals surface area contributed by atoms with Crippen molar-refractivity contribution >= 4 is 5.82 Å². The van der Waals surface area contributed by atoms with Crippen LogP contribution in [0.2, 0.25) is 0 Å². The molecule has 0 spiro atoms. The van der Waals surface area contributed by atoms with Gasteiger partial charge >= 0.3 is 0 Å². The van der Waals surface area contributed by atoms with Crippen molar-refractivity contribution in [3.05, 3.63) is 11.9 Å². The number of piperidine rings is 1. The van der Waals surface area contributed by atoms with Crippen LogP contribution in [0.25, 0.3) is 0 Å². The van der Waals surface area contributed by atoms with Gasteiger partial charge in [0.05, 0.1) is 0 Å². The predicted octanol–water partition coefficient (Wildman–Crippen LogP) is 1.11. The Bertz CT molecular complexity index is 364. The third-order valence-electron chi connectivity index (χ3n) is 2.85. The highest BCUT2D eigenvalue weighted by molar-refractivity contribution is 5.42. The molecule has 1 aliphatic heterocycles. The summed E-state index contributed by atoms with van der Waals surface area (Å²) < 4.78 is 5.46. The zero-order valence-electron chi connectivity index (χ0n) is 10.4. The van der Waals surface area contributed by atoms with Crippen LogP contribution in [-0.4, -0.2) is 36.2 Å². The molecular formula is C12H20N4O. The summed E-state index contributed by atoms with van der Waals surface area (Å²) in [6, 6.07) is 1.91. The SMILES string of the molecule is Cc1nc(OCCN)cc(N2CCCCC2)n1. The van der Waals surface area contributed by atoms with Crippen molar-refractivity contribution in [3.8, 4) is 5.88 Å². The van der Waals surface area contributed by atoms with E-state index >= 15 is 0 Å². The van der Waals surface area contributed by atoms with Gasteiger partial charge in [-0.25, -0.2) is 4.98 Å². The number of ether oxygens (including phenoxy) is 1. The molecule has 5 nitrogen and oxygen atoms in total. The molecule has 1 aromatic rings. The van der Waals surface area contributed by atoms with E-state index in [0.717, 1.165) is 24.7 Å². The van der Waals surface area contributed by atoms with Crippen LogP contribution in [0, 0.1) is 6.92 Å². The minimum Gasteiger partial charge on any atom is -0.476 e. The van der Waals surface area contributed by atoms with Crippen LogP contribution < -0.4 is 15.4 Å². The zero-order valence-corrected chi connectivity index (χ0v) is 10.4. The van der Waals surface area contributed by atoms with Crippen LogP contribution in [0.4, 0.5) is 5.82 Å². The monoisotopic (exact) mass is 236 g/mol. The molecule has 1 saturated heterocycles. The van der Waals surface area contributed by atoms with Gasteiger partial charge in [0.1, 0.15) is 18.2 Å². The van der Waals surface area contributed by atoms with E-state index in [2.05, 4.69) is 14.9 Å². The maximum absolute atomic E-state index is 5.46. The smallest absolute Gasteiger partial charge is 0.218 e. The zero-order chi connectivity index (χ0) is 12.1. The summed E-state index contributed by atoms with van der Waals surface area (Å²) in [6.07, 6.45) is 3.79. The Morgan fingerprint density at radius 2 is 2.06 bits per heavy atom. The van der Waals surface area contributed by atoms with Gasteiger partial charge in [0.25, 0.3) is 0 Å². The number of hydrogen-bond donors (Lipinski definition) is 1. The molecule has 2 heterocycles. The van der Waals surface area contributed by atoms with Gasteiger partial charge < -0.3 is 15.4 Å². The summed E-state index contributed by atoms with van der Waals surface area (Å²) in [5.41, 5.74) is 5.42. The van der Waals surface area contributed by atoms with E-state index in [-0.39, 0.29) is 0 Å². The first-order valence-electron chi connectivity index (χ1n) is 6.23. The lowest BCUT2D eigenvalue weighted by atomic mass is 10.1. The Kier molecular flexibility index (Phi) is 4.14. The molecule has 0 bridgehead atoms. The molecule has 0 unspecified atom stereocenters. The third-order valence-corrected chi connectivity index (χ3v) is 2.85. The van der Waals surface area contributed by atoms with E-state index in [1.807, 2.05) is 13.0 Å². The highest BCUT2D eigenvalue weighted by Crippen LogP contribution is 2.21. The van der Waals surface area contributed by atoms with Crippen LogP contribution in [0.5, 0.6) is 5.88 Å². The summed E-state index contributed by atoms with van der Waals surface area (Å²) in [7, 11) is 0. The number of hydrogen-bond acceptors (Lipinski definition) is 5. The molecule has 2 rings (SSSR count). The Morgan fingerprint density at radius 1 is 1.29 bits per heavy atom. The average Bonchev–Trinajstić information content (AvgIpc) is 2.37. The van der Waals surface area contributed by atoms with Crippen molar-refractivity contribution < 1.29 is 4.74 Å². The average molecular weight is 236 g/mol. The summed E-state index contributed by atoms with van der Waals surface area (Å²) in [5.74, 6) is 2.35. The quantitative estimate of drug-likeness (QED) is 0.848. The van der Waals surface area contributed by atoms with Crippen molar-refractivity contribution in [1.29, 1.82) is 0 Å². The van der Waals surface area contributed by atoms with Crippen LogP contribution in [0.15, 0.2) is 6.07 Å². The van der Waals surface area contributed by atoms with Gasteiger partial charge in [0.2, 0.25) is 5.88 Å². The second kappa shape index (κ2) is 5.82. The highest BCUT2D eigenvalue weighted by atomic mass is 16.5. The Balaban J connectivity index is 2.12. The van der Waals surface area contributed by atoms with Crippen molar-refractivity contribution in [1.82, 2.24) is 9.97 Å². The molecule has 5 heteroatoms. The van der Waals surface area contributed by atoms with Crippen LogP contribution >= 0.6 is 0 Å². The van der Waals surface area contributed by atoms with Crippen LogP contribution in [-0.2, 0) is 0 Å². The lowest BCUT2D eigenvalue weighted by molar-refractivity contribution is 0.314. The number of aryl methyl sites for hydroxylation is 1. The van der Waals surface area contributed by atoms with Crippen molar-refractivity contribution in [2.24, 2.45) is 5.73 Å². The standard InChI is InChI=1S/C12H20N4O/c1-10-14-11(16-6-3-2-4-7-16)9-12(15-10)17-8-5-13/h9H,2-8,13H2,1H3. The molecule has 0 aromatic carbocycles. The first-order chi connectivity index (χ1) is 8.29. The third kappa shape index (κ3) is 3.30. The van der Waals surface area contributed by atoms with Gasteiger partial charge in [0.15, 0.2) is 0 Å². The summed E-state index contributed by atoms with van der Waals surface area (Å²) in [6.45, 7) is 5.04. The van der Waals surface area contributed by atoms with Gasteiger partial charge in [-0.2, -0.15) is 4.98 Å². The number of nitrogens with two attached hydrogens (primary N) is 1. The number of rotatable bonds is 4. The van der Waals surface area contributed by atoms with Gasteiger partial charge in [0, 0.05) is 25.7 Å². The Hall–Kier alpha value is -1.36. The topological polar surface area (TPSA) is 64.3 Å². The van der Waals surface area contributed by atoms with Crippen molar-refractivity contribution in [2.45, 2.75) is 26.2 Å². The van der Waals surface area contributed by atoms with Gasteiger partial charge in [-0.15, -0.1) is 0 Å². The second-order valence-electron chi connectivity index (χ2n) is 4.30. The number of aromatic nitrogens is 2. The molecule has 0 saturated carbocycles. The lowest BCUT2D eigenvalue weighted by Crippen LogP contribution is -2.30. The Labute approximate surface area is 102 Å². The van der Waals surface area contributed by atoms with Gasteiger partial charge in [-0.05, 0) is 26.2 Å². The first-order valence-corrected chi connectivity index (χ1v) is 6.23. The van der Waals surface area contributed by atoms with E-state index in [9.17, 15) is 0 Å². The molecule has 2 N–H and O–H groups in total. The fourth-order valence-corrected chi connectivity index (χ4v) is 2.05. The van der Waals surface area contributed by atoms with E-state index in [0.29, 0.717) is 19.0 Å². The fraction of sp³-hybridized carbons (Fsp3) is 0.667. The highest BCUT2D eigenvalue weighted by Gasteiger charge is 2.14. The van der Waals surface area contributed by atoms with E-state index in [4.69, 9.17) is 10.5 Å². The summed E-state index contributed by atoms with van der Waals surface area (Å²) >= 11 is 0. The molecule has 0 radical (unpaired) electrons. The largest absolute Gasteiger partial charge is 0.476 e. The Morgan fingerprint density at radius 3 is 2.76 bits per heavy atom. The van der Waals surface area contributed by atoms with Gasteiger partial charge in [-0.1, -0.05) is 0 Å². The van der Waals surface area contributed by atoms with E-state index in [1.165, 1.54) is 19.3 Å². The molecule has 94 valence electrons. The molecule has 0 atom stereocenters. The van der Waals surface area contributed by atoms with Crippen molar-refractivity contribution in [2.75, 3.05) is 31.1 Å². The van der Waals surface area contributed by atoms with E-state index in [1.54, 1.807) is 0 Å². The molecular weight excluding hydrogens is 216 g/mol. The molecule has 17 heavy (non-hydrogen) atoms. The normalized spacial score (nSPS) is 16.0. The minimum absolute atomic E-state index is 0.496. The first kappa shape index (κ1) is 12.1. The van der Waals surface area contributed by atoms with Crippen molar-refractivity contribution in [3.63, 3.8) is 0 Å². The van der Waals surface area contributed by atoms with Crippen LogP contribution in [0.3, 0.4) is 0 Å². The molecule has 1 aromatic heterocycles. The second-order valence-corrected chi connectivity index (χ2v) is 4.30.